The maximum atomic E-state index is 2.38. The summed E-state index contributed by atoms with van der Waals surface area (Å²) in [6, 6.07) is 51.1. The molecule has 200 valence electrons. The number of nitrogens with zero attached hydrogens (tertiary/aromatic N) is 1. The number of para-hydroxylation sites is 2. The molecule has 0 unspecified atom stereocenters. The minimum atomic E-state index is 1.16. The van der Waals surface area contributed by atoms with Crippen LogP contribution < -0.4 is 4.90 Å². The molecule has 1 nitrogen and oxygen atoms in total. The van der Waals surface area contributed by atoms with Crippen molar-refractivity contribution in [1.82, 2.24) is 0 Å². The van der Waals surface area contributed by atoms with Gasteiger partial charge in [-0.25, -0.2) is 0 Å². The van der Waals surface area contributed by atoms with E-state index in [2.05, 4.69) is 144 Å². The molecule has 0 spiro atoms. The molecule has 0 saturated heterocycles. The van der Waals surface area contributed by atoms with Gasteiger partial charge >= 0.3 is 0 Å². The fourth-order valence-corrected chi connectivity index (χ4v) is 9.75. The number of benzene rings is 8. The second-order valence-electron chi connectivity index (χ2n) is 11.3. The predicted octanol–water partition coefficient (Wildman–Crippen LogP) is 12.8. The Hall–Kier alpha value is -4.96. The summed E-state index contributed by atoms with van der Waals surface area (Å²) in [5.41, 5.74) is 3.48. The van der Waals surface area contributed by atoms with Gasteiger partial charge in [-0.1, -0.05) is 97.1 Å². The molecule has 8 aromatic carbocycles. The fourth-order valence-electron chi connectivity index (χ4n) is 7.22. The lowest BCUT2D eigenvalue weighted by Crippen LogP contribution is -2.09. The molecule has 0 N–H and O–H groups in total. The Morgan fingerprint density at radius 3 is 1.44 bits per heavy atom. The Morgan fingerprint density at radius 1 is 0.326 bits per heavy atom. The van der Waals surface area contributed by atoms with Crippen LogP contribution in [0.4, 0.5) is 17.1 Å². The SMILES string of the molecule is c1ccc(N(c2ccccc2)c2ccc3c(c2)sc2c4cccc5c6c7ccccc7sc6c6cccc(c32)c6c45)cc1. The van der Waals surface area contributed by atoms with Gasteiger partial charge in [0.15, 0.2) is 0 Å². The van der Waals surface area contributed by atoms with Crippen molar-refractivity contribution in [2.75, 3.05) is 4.90 Å². The quantitative estimate of drug-likeness (QED) is 0.188. The molecule has 0 saturated carbocycles. The first-order chi connectivity index (χ1) is 21.3. The van der Waals surface area contributed by atoms with Crippen LogP contribution in [0.3, 0.4) is 0 Å². The van der Waals surface area contributed by atoms with Crippen LogP contribution in [0.15, 0.2) is 140 Å². The summed E-state index contributed by atoms with van der Waals surface area (Å²) >= 11 is 3.86. The lowest BCUT2D eigenvalue weighted by molar-refractivity contribution is 1.29. The van der Waals surface area contributed by atoms with Crippen molar-refractivity contribution in [2.45, 2.75) is 0 Å². The topological polar surface area (TPSA) is 3.24 Å². The van der Waals surface area contributed by atoms with Crippen LogP contribution in [-0.2, 0) is 0 Å². The highest BCUT2D eigenvalue weighted by atomic mass is 32.1. The summed E-state index contributed by atoms with van der Waals surface area (Å²) < 4.78 is 5.45. The van der Waals surface area contributed by atoms with E-state index < -0.39 is 0 Å². The predicted molar refractivity (Wildman–Crippen MR) is 191 cm³/mol. The summed E-state index contributed by atoms with van der Waals surface area (Å²) in [5, 5.41) is 13.7. The molecule has 0 amide bonds. The first-order valence-corrected chi connectivity index (χ1v) is 16.2. The second kappa shape index (κ2) is 8.78. The molecule has 0 radical (unpaired) electrons. The minimum Gasteiger partial charge on any atom is -0.310 e. The normalized spacial score (nSPS) is 12.2. The molecule has 0 aliphatic rings. The molecule has 10 rings (SSSR count). The van der Waals surface area contributed by atoms with Gasteiger partial charge in [0.25, 0.3) is 0 Å². The van der Waals surface area contributed by atoms with Crippen molar-refractivity contribution in [3.63, 3.8) is 0 Å². The van der Waals surface area contributed by atoms with Crippen LogP contribution in [-0.4, -0.2) is 0 Å². The highest BCUT2D eigenvalue weighted by Gasteiger charge is 2.22. The zero-order valence-electron chi connectivity index (χ0n) is 23.0. The summed E-state index contributed by atoms with van der Waals surface area (Å²) in [6.45, 7) is 0. The number of hydrogen-bond acceptors (Lipinski definition) is 3. The van der Waals surface area contributed by atoms with Crippen molar-refractivity contribution >= 4 is 112 Å². The smallest absolute Gasteiger partial charge is 0.0476 e. The molecular weight excluding hydrogens is 559 g/mol. The Bertz CT molecular complexity index is 2630. The Labute approximate surface area is 255 Å². The molecule has 0 fully saturated rings. The first kappa shape index (κ1) is 23.6. The minimum absolute atomic E-state index is 1.16. The van der Waals surface area contributed by atoms with Crippen molar-refractivity contribution in [3.05, 3.63) is 140 Å². The molecule has 0 atom stereocenters. The Kier molecular flexibility index (Phi) is 4.81. The highest BCUT2D eigenvalue weighted by molar-refractivity contribution is 7.27. The van der Waals surface area contributed by atoms with E-state index in [-0.39, 0.29) is 0 Å². The first-order valence-electron chi connectivity index (χ1n) is 14.6. The number of fused-ring (bicyclic) bond motifs is 10. The summed E-state index contributed by atoms with van der Waals surface area (Å²) in [4.78, 5) is 2.35. The zero-order chi connectivity index (χ0) is 28.1. The molecule has 0 bridgehead atoms. The second-order valence-corrected chi connectivity index (χ2v) is 13.4. The van der Waals surface area contributed by atoms with E-state index in [1.165, 1.54) is 78.3 Å². The van der Waals surface area contributed by atoms with Crippen LogP contribution >= 0.6 is 22.7 Å². The van der Waals surface area contributed by atoms with Gasteiger partial charge in [-0.15, -0.1) is 22.7 Å². The summed E-state index contributed by atoms with van der Waals surface area (Å²) in [6.07, 6.45) is 0. The molecule has 3 heteroatoms. The number of rotatable bonds is 3. The zero-order valence-corrected chi connectivity index (χ0v) is 24.7. The largest absolute Gasteiger partial charge is 0.310 e. The number of hydrogen-bond donors (Lipinski definition) is 0. The molecule has 0 aliphatic heterocycles. The van der Waals surface area contributed by atoms with Gasteiger partial charge in [-0.05, 0) is 64.0 Å². The Balaban J connectivity index is 1.33. The standard InChI is InChI=1S/C40H23NS2/c1-3-11-24(12-4-1)41(25-13-5-2-6-14-25)26-21-22-28-34(23-26)43-40-32-19-9-16-29-35(32)36-30(38(28)40)17-10-18-31(36)39-37(29)27-15-7-8-20-33(27)42-39/h1-23H. The van der Waals surface area contributed by atoms with Gasteiger partial charge < -0.3 is 4.90 Å². The van der Waals surface area contributed by atoms with Crippen LogP contribution in [0.25, 0.3) is 72.7 Å². The average Bonchev–Trinajstić information content (AvgIpc) is 3.65. The van der Waals surface area contributed by atoms with E-state index >= 15 is 0 Å². The fraction of sp³-hybridized carbons (Fsp3) is 0. The molecule has 43 heavy (non-hydrogen) atoms. The van der Waals surface area contributed by atoms with Crippen molar-refractivity contribution < 1.29 is 0 Å². The lowest BCUT2D eigenvalue weighted by atomic mass is 9.89. The van der Waals surface area contributed by atoms with Crippen LogP contribution in [0.5, 0.6) is 0 Å². The van der Waals surface area contributed by atoms with Gasteiger partial charge in [0.05, 0.1) is 0 Å². The van der Waals surface area contributed by atoms with Crippen molar-refractivity contribution in [2.24, 2.45) is 0 Å². The van der Waals surface area contributed by atoms with Gasteiger partial charge in [0, 0.05) is 68.2 Å². The third-order valence-corrected chi connectivity index (χ3v) is 11.4. The lowest BCUT2D eigenvalue weighted by Gasteiger charge is -2.25. The van der Waals surface area contributed by atoms with Gasteiger partial charge in [-0.2, -0.15) is 0 Å². The van der Waals surface area contributed by atoms with Crippen molar-refractivity contribution in [3.8, 4) is 0 Å². The van der Waals surface area contributed by atoms with Gasteiger partial charge in [0.2, 0.25) is 0 Å². The third kappa shape index (κ3) is 3.21. The van der Waals surface area contributed by atoms with E-state index in [0.29, 0.717) is 0 Å². The maximum Gasteiger partial charge on any atom is 0.0476 e. The molecule has 2 heterocycles. The van der Waals surface area contributed by atoms with Gasteiger partial charge in [-0.3, -0.25) is 0 Å². The molecular formula is C40H23NS2. The van der Waals surface area contributed by atoms with E-state index in [0.717, 1.165) is 11.4 Å². The third-order valence-electron chi connectivity index (χ3n) is 8.96. The van der Waals surface area contributed by atoms with Crippen LogP contribution in [0.1, 0.15) is 0 Å². The number of thiophene rings is 2. The van der Waals surface area contributed by atoms with Crippen molar-refractivity contribution in [1.29, 1.82) is 0 Å². The molecule has 2 aromatic heterocycles. The summed E-state index contributed by atoms with van der Waals surface area (Å²) in [5.74, 6) is 0. The van der Waals surface area contributed by atoms with Crippen LogP contribution in [0.2, 0.25) is 0 Å². The monoisotopic (exact) mass is 581 g/mol. The van der Waals surface area contributed by atoms with E-state index in [1.807, 2.05) is 22.7 Å². The average molecular weight is 582 g/mol. The molecule has 0 aliphatic carbocycles. The number of anilines is 3. The highest BCUT2D eigenvalue weighted by Crippen LogP contribution is 2.52. The van der Waals surface area contributed by atoms with E-state index in [9.17, 15) is 0 Å². The van der Waals surface area contributed by atoms with E-state index in [1.54, 1.807) is 0 Å². The maximum absolute atomic E-state index is 2.38. The van der Waals surface area contributed by atoms with E-state index in [4.69, 9.17) is 0 Å². The van der Waals surface area contributed by atoms with Crippen LogP contribution in [0, 0.1) is 0 Å². The Morgan fingerprint density at radius 2 is 0.814 bits per heavy atom. The van der Waals surface area contributed by atoms with Gasteiger partial charge in [0.1, 0.15) is 0 Å². The molecule has 10 aromatic rings. The summed E-state index contributed by atoms with van der Waals surface area (Å²) in [7, 11) is 0.